The predicted molar refractivity (Wildman–Crippen MR) is 158 cm³/mol. The van der Waals surface area contributed by atoms with Gasteiger partial charge < -0.3 is 10.1 Å². The van der Waals surface area contributed by atoms with E-state index in [1.807, 2.05) is 57.4 Å². The lowest BCUT2D eigenvalue weighted by molar-refractivity contribution is 0.262. The van der Waals surface area contributed by atoms with Crippen molar-refractivity contribution in [2.24, 2.45) is 0 Å². The van der Waals surface area contributed by atoms with E-state index >= 15 is 0 Å². The zero-order valence-electron chi connectivity index (χ0n) is 22.2. The molecule has 0 fully saturated rings. The van der Waals surface area contributed by atoms with Crippen molar-refractivity contribution < 1.29 is 13.9 Å². The topological polar surface area (TPSA) is 107 Å². The normalized spacial score (nSPS) is 11.1. The number of thioether (sulfide) groups is 1. The van der Waals surface area contributed by atoms with Gasteiger partial charge in [-0.1, -0.05) is 38.6 Å². The summed E-state index contributed by atoms with van der Waals surface area (Å²) in [6.45, 7) is 6.11. The number of carbonyl (C=O) groups excluding carboxylic acids is 1. The van der Waals surface area contributed by atoms with Crippen molar-refractivity contribution in [1.82, 2.24) is 24.7 Å². The lowest BCUT2D eigenvalue weighted by atomic mass is 9.92. The number of rotatable bonds is 6. The average Bonchev–Trinajstić information content (AvgIpc) is 3.34. The van der Waals surface area contributed by atoms with Crippen molar-refractivity contribution in [3.8, 4) is 17.3 Å². The maximum absolute atomic E-state index is 14.6. The number of ether oxygens (including phenoxy) is 1. The summed E-state index contributed by atoms with van der Waals surface area (Å²) in [6, 6.07) is 16.4. The number of hydrogen-bond acceptors (Lipinski definition) is 7. The van der Waals surface area contributed by atoms with Gasteiger partial charge in [0.1, 0.15) is 17.4 Å². The van der Waals surface area contributed by atoms with Crippen LogP contribution >= 0.6 is 24.2 Å². The molecule has 0 aliphatic rings. The Labute approximate surface area is 241 Å². The van der Waals surface area contributed by atoms with E-state index in [1.54, 1.807) is 29.2 Å². The smallest absolute Gasteiger partial charge is 0.324 e. The van der Waals surface area contributed by atoms with Crippen LogP contribution in [0.2, 0.25) is 0 Å². The first kappa shape index (κ1) is 28.8. The molecule has 2 amide bonds. The van der Waals surface area contributed by atoms with Crippen LogP contribution in [0.1, 0.15) is 26.5 Å². The number of benzene rings is 2. The standard InChI is InChI=1S/C28H26FN7O2S.ClH/c1-28(2,3)23-16-24(36(35-23)18-7-10-21-17(14-18)6-5-12-30-21)33-26(37)32-22-15-19(8-9-20(22)29)38-25-11-13-31-27(34-25)39-4;/h5-16H,1-4H3,(H2,32,33,37);1H. The molecule has 5 aromatic rings. The lowest BCUT2D eigenvalue weighted by Gasteiger charge is -2.14. The predicted octanol–water partition coefficient (Wildman–Crippen LogP) is 7.23. The van der Waals surface area contributed by atoms with E-state index in [0.29, 0.717) is 22.6 Å². The third-order valence-electron chi connectivity index (χ3n) is 5.75. The first-order valence-corrected chi connectivity index (χ1v) is 13.3. The third-order valence-corrected chi connectivity index (χ3v) is 6.31. The molecule has 0 saturated carbocycles. The Balaban J connectivity index is 0.00000370. The van der Waals surface area contributed by atoms with Crippen LogP contribution in [0.3, 0.4) is 0 Å². The Kier molecular flexibility index (Phi) is 8.55. The molecule has 0 bridgehead atoms. The largest absolute Gasteiger partial charge is 0.439 e. The minimum atomic E-state index is -0.637. The number of halogens is 2. The van der Waals surface area contributed by atoms with Gasteiger partial charge in [0.15, 0.2) is 5.16 Å². The number of urea groups is 1. The Morgan fingerprint density at radius 3 is 2.60 bits per heavy atom. The first-order valence-electron chi connectivity index (χ1n) is 12.1. The molecule has 2 aromatic carbocycles. The number of aromatic nitrogens is 5. The highest BCUT2D eigenvalue weighted by Crippen LogP contribution is 2.29. The van der Waals surface area contributed by atoms with E-state index in [1.165, 1.54) is 30.0 Å². The van der Waals surface area contributed by atoms with Gasteiger partial charge in [-0.2, -0.15) is 10.1 Å². The lowest BCUT2D eigenvalue weighted by Crippen LogP contribution is -2.22. The van der Waals surface area contributed by atoms with E-state index in [0.717, 1.165) is 22.3 Å². The second kappa shape index (κ2) is 11.9. The Hall–Kier alpha value is -4.22. The highest BCUT2D eigenvalue weighted by molar-refractivity contribution is 7.98. The molecule has 0 aliphatic heterocycles. The first-order chi connectivity index (χ1) is 18.7. The number of fused-ring (bicyclic) bond motifs is 1. The van der Waals surface area contributed by atoms with Crippen LogP contribution in [0.5, 0.6) is 11.6 Å². The van der Waals surface area contributed by atoms with Crippen molar-refractivity contribution in [2.45, 2.75) is 31.3 Å². The zero-order valence-corrected chi connectivity index (χ0v) is 23.8. The SMILES string of the molecule is CSc1nccc(Oc2ccc(F)c(NC(=O)Nc3cc(C(C)(C)C)nn3-c3ccc4ncccc4c3)c2)n1.Cl. The number of pyridine rings is 1. The third kappa shape index (κ3) is 6.49. The second-order valence-electron chi connectivity index (χ2n) is 9.66. The molecule has 0 atom stereocenters. The van der Waals surface area contributed by atoms with Gasteiger partial charge in [0.05, 0.1) is 22.6 Å². The summed E-state index contributed by atoms with van der Waals surface area (Å²) in [5.41, 5.74) is 2.05. The molecular formula is C28H27ClFN7O2S. The van der Waals surface area contributed by atoms with Crippen LogP contribution < -0.4 is 15.4 Å². The zero-order chi connectivity index (χ0) is 27.6. The van der Waals surface area contributed by atoms with Crippen molar-refractivity contribution in [2.75, 3.05) is 16.9 Å². The highest BCUT2D eigenvalue weighted by Gasteiger charge is 2.22. The molecule has 0 radical (unpaired) electrons. The Bertz CT molecular complexity index is 1670. The van der Waals surface area contributed by atoms with Gasteiger partial charge in [0.25, 0.3) is 0 Å². The van der Waals surface area contributed by atoms with Gasteiger partial charge in [-0.3, -0.25) is 10.3 Å². The molecular weight excluding hydrogens is 553 g/mol. The van der Waals surface area contributed by atoms with Gasteiger partial charge >= 0.3 is 6.03 Å². The summed E-state index contributed by atoms with van der Waals surface area (Å²) >= 11 is 1.37. The molecule has 12 heteroatoms. The van der Waals surface area contributed by atoms with Gasteiger partial charge in [0, 0.05) is 41.4 Å². The summed E-state index contributed by atoms with van der Waals surface area (Å²) in [4.78, 5) is 25.8. The Morgan fingerprint density at radius 1 is 1.00 bits per heavy atom. The molecule has 3 heterocycles. The Morgan fingerprint density at radius 2 is 1.82 bits per heavy atom. The highest BCUT2D eigenvalue weighted by atomic mass is 35.5. The molecule has 40 heavy (non-hydrogen) atoms. The van der Waals surface area contributed by atoms with Crippen molar-refractivity contribution in [3.05, 3.63) is 84.6 Å². The number of nitrogens with one attached hydrogen (secondary N) is 2. The number of anilines is 2. The molecule has 0 saturated heterocycles. The molecule has 5 rings (SSSR count). The summed E-state index contributed by atoms with van der Waals surface area (Å²) in [5.74, 6) is 0.429. The minimum Gasteiger partial charge on any atom is -0.439 e. The van der Waals surface area contributed by atoms with Crippen LogP contribution in [0.15, 0.2) is 78.2 Å². The quantitative estimate of drug-likeness (QED) is 0.161. The molecule has 9 nitrogen and oxygen atoms in total. The van der Waals surface area contributed by atoms with Crippen molar-refractivity contribution in [1.29, 1.82) is 0 Å². The molecule has 0 aliphatic carbocycles. The fourth-order valence-corrected chi connectivity index (χ4v) is 4.11. The number of amides is 2. The van der Waals surface area contributed by atoms with E-state index in [9.17, 15) is 9.18 Å². The van der Waals surface area contributed by atoms with Crippen molar-refractivity contribution in [3.63, 3.8) is 0 Å². The minimum absolute atomic E-state index is 0. The van der Waals surface area contributed by atoms with Crippen LogP contribution in [0.25, 0.3) is 16.6 Å². The monoisotopic (exact) mass is 579 g/mol. The van der Waals surface area contributed by atoms with E-state index in [4.69, 9.17) is 9.84 Å². The molecule has 2 N–H and O–H groups in total. The maximum atomic E-state index is 14.6. The van der Waals surface area contributed by atoms with E-state index in [-0.39, 0.29) is 23.5 Å². The second-order valence-corrected chi connectivity index (χ2v) is 10.4. The molecule has 0 unspecified atom stereocenters. The fourth-order valence-electron chi connectivity index (χ4n) is 3.76. The van der Waals surface area contributed by atoms with Crippen LogP contribution in [0, 0.1) is 5.82 Å². The van der Waals surface area contributed by atoms with Gasteiger partial charge in [-0.05, 0) is 42.7 Å². The summed E-state index contributed by atoms with van der Waals surface area (Å²) in [5, 5.41) is 11.6. The maximum Gasteiger partial charge on any atom is 0.324 e. The van der Waals surface area contributed by atoms with Crippen LogP contribution in [0.4, 0.5) is 20.7 Å². The van der Waals surface area contributed by atoms with Crippen LogP contribution in [-0.2, 0) is 5.41 Å². The van der Waals surface area contributed by atoms with Crippen LogP contribution in [-0.4, -0.2) is 37.0 Å². The van der Waals surface area contributed by atoms with Gasteiger partial charge in [0.2, 0.25) is 5.88 Å². The summed E-state index contributed by atoms with van der Waals surface area (Å²) < 4.78 is 22.0. The summed E-state index contributed by atoms with van der Waals surface area (Å²) in [7, 11) is 0. The molecule has 206 valence electrons. The number of hydrogen-bond donors (Lipinski definition) is 2. The van der Waals surface area contributed by atoms with Crippen molar-refractivity contribution >= 4 is 52.6 Å². The fraction of sp³-hybridized carbons (Fsp3) is 0.179. The number of nitrogens with zero attached hydrogens (tertiary/aromatic N) is 5. The summed E-state index contributed by atoms with van der Waals surface area (Å²) in [6.07, 6.45) is 5.16. The molecule has 3 aromatic heterocycles. The van der Waals surface area contributed by atoms with Gasteiger partial charge in [-0.25, -0.2) is 18.9 Å². The van der Waals surface area contributed by atoms with E-state index in [2.05, 4.69) is 25.6 Å². The average molecular weight is 580 g/mol. The number of carbonyl (C=O) groups is 1. The van der Waals surface area contributed by atoms with Gasteiger partial charge in [-0.15, -0.1) is 12.4 Å². The molecule has 0 spiro atoms. The van der Waals surface area contributed by atoms with E-state index < -0.39 is 11.8 Å².